The van der Waals surface area contributed by atoms with Crippen LogP contribution in [0.5, 0.6) is 0 Å². The Hall–Kier alpha value is 0.166. The van der Waals surface area contributed by atoms with Crippen molar-refractivity contribution in [3.05, 3.63) is 0 Å². The largest absolute Gasteiger partial charge is 4.00 e. The van der Waals surface area contributed by atoms with Crippen LogP contribution >= 0.6 is 0 Å². The van der Waals surface area contributed by atoms with Gasteiger partial charge >= 0.3 is 70.6 Å². The van der Waals surface area contributed by atoms with E-state index in [1.54, 1.807) is 0 Å². The molecule has 10 heteroatoms. The van der Waals surface area contributed by atoms with E-state index >= 15 is 0 Å². The average molecular weight is 363 g/mol. The Morgan fingerprint density at radius 3 is 0.643 bits per heavy atom. The average Bonchev–Trinajstić information content (AvgIpc) is 1.88. The Balaban J connectivity index is -0.0000000625. The molecule has 0 aliphatic heterocycles. The van der Waals surface area contributed by atoms with Gasteiger partial charge in [0, 0.05) is 0 Å². The summed E-state index contributed by atoms with van der Waals surface area (Å²) in [5.41, 5.74) is 0. The van der Waals surface area contributed by atoms with E-state index in [1.807, 2.05) is 0 Å². The Morgan fingerprint density at radius 1 is 0.571 bits per heavy atom. The van der Waals surface area contributed by atoms with Crippen LogP contribution in [0.3, 0.4) is 0 Å². The quantitative estimate of drug-likeness (QED) is 0.303. The minimum atomic E-state index is -2.19. The van der Waals surface area contributed by atoms with Crippen LogP contribution in [-0.2, 0) is 40.9 Å². The predicted molar refractivity (Wildman–Crippen MR) is 28.6 cm³/mol. The monoisotopic (exact) mass is 364 g/mol. The van der Waals surface area contributed by atoms with Crippen molar-refractivity contribution in [2.45, 2.75) is 0 Å². The second kappa shape index (κ2) is 13.2. The maximum Gasteiger partial charge on any atom is 4.00 e. The minimum absolute atomic E-state index is 0. The molecule has 0 rings (SSSR count). The first-order valence-corrected chi connectivity index (χ1v) is 2.13. The smallest absolute Gasteiger partial charge is 4.00 e. The summed E-state index contributed by atoms with van der Waals surface area (Å²) in [6, 6.07) is 0. The molecule has 0 fully saturated rings. The Bertz CT molecular complexity index is 177. The maximum atomic E-state index is 8.93. The standard InChI is InChI=1S/2C2H2O4.Ba.Ti.2H/c2*3-1(4)2(5)6;;;;/h2*(H,3,4)(H,5,6);;;;/q;;;+4;;/p-4. The predicted octanol–water partition coefficient (Wildman–Crippen LogP) is -7.95. The van der Waals surface area contributed by atoms with E-state index in [4.69, 9.17) is 39.6 Å². The SMILES string of the molecule is O=C([O-])C(=O)[O-].O=C([O-])C(=O)[O-].[BaH2].[Ti+4]. The fourth-order valence-corrected chi connectivity index (χ4v) is 0. The molecule has 0 bridgehead atoms. The number of aliphatic carboxylic acids is 4. The summed E-state index contributed by atoms with van der Waals surface area (Å²) in [5, 5.41) is 35.7. The molecule has 0 aromatic carbocycles. The summed E-state index contributed by atoms with van der Waals surface area (Å²) >= 11 is 0. The molecule has 0 aliphatic carbocycles. The first-order chi connectivity index (χ1) is 5.29. The first-order valence-electron chi connectivity index (χ1n) is 2.13. The molecule has 8 nitrogen and oxygen atoms in total. The molecule has 0 aromatic rings. The zero-order valence-corrected chi connectivity index (χ0v) is 7.33. The molecular weight excluding hydrogens is 361 g/mol. The van der Waals surface area contributed by atoms with Gasteiger partial charge in [0.1, 0.15) is 0 Å². The van der Waals surface area contributed by atoms with E-state index in [-0.39, 0.29) is 70.6 Å². The molecule has 0 aromatic heterocycles. The van der Waals surface area contributed by atoms with Crippen LogP contribution in [0.2, 0.25) is 0 Å². The first kappa shape index (κ1) is 23.8. The topological polar surface area (TPSA) is 161 Å². The van der Waals surface area contributed by atoms with Crippen LogP contribution in [0, 0.1) is 0 Å². The van der Waals surface area contributed by atoms with Crippen molar-refractivity contribution >= 4 is 72.8 Å². The summed E-state index contributed by atoms with van der Waals surface area (Å²) in [6.07, 6.45) is 0. The van der Waals surface area contributed by atoms with Gasteiger partial charge in [0.15, 0.2) is 0 Å². The number of hydrogen-bond donors (Lipinski definition) is 0. The molecule has 0 spiro atoms. The molecular formula is C4H2BaO8Ti. The molecule has 0 saturated heterocycles. The van der Waals surface area contributed by atoms with Crippen LogP contribution in [0.15, 0.2) is 0 Å². The number of carboxylic acid groups (broad SMARTS) is 4. The third kappa shape index (κ3) is 22.7. The van der Waals surface area contributed by atoms with E-state index < -0.39 is 23.9 Å². The number of hydrogen-bond acceptors (Lipinski definition) is 8. The summed E-state index contributed by atoms with van der Waals surface area (Å²) < 4.78 is 0. The van der Waals surface area contributed by atoms with Crippen molar-refractivity contribution in [1.29, 1.82) is 0 Å². The van der Waals surface area contributed by atoms with Gasteiger partial charge in [0.25, 0.3) is 0 Å². The molecule has 72 valence electrons. The Morgan fingerprint density at radius 2 is 0.643 bits per heavy atom. The summed E-state index contributed by atoms with van der Waals surface area (Å²) in [6.45, 7) is 0. The fourth-order valence-electron chi connectivity index (χ4n) is 0. The maximum absolute atomic E-state index is 8.93. The van der Waals surface area contributed by atoms with E-state index in [1.165, 1.54) is 0 Å². The third-order valence-electron chi connectivity index (χ3n) is 0.333. The minimum Gasteiger partial charge on any atom is 4.00 e. The summed E-state index contributed by atoms with van der Waals surface area (Å²) in [4.78, 5) is 35.7. The van der Waals surface area contributed by atoms with Gasteiger partial charge in [-0.15, -0.1) is 0 Å². The zero-order valence-electron chi connectivity index (χ0n) is 5.77. The van der Waals surface area contributed by atoms with Gasteiger partial charge in [0.2, 0.25) is 0 Å². The van der Waals surface area contributed by atoms with Crippen molar-refractivity contribution in [1.82, 2.24) is 0 Å². The third-order valence-corrected chi connectivity index (χ3v) is 0.333. The van der Waals surface area contributed by atoms with Gasteiger partial charge in [-0.05, 0) is 0 Å². The fraction of sp³-hybridized carbons (Fsp3) is 0. The van der Waals surface area contributed by atoms with Crippen molar-refractivity contribution < 1.29 is 61.3 Å². The molecule has 0 radical (unpaired) electrons. The zero-order chi connectivity index (χ0) is 10.3. The second-order valence-corrected chi connectivity index (χ2v) is 1.15. The van der Waals surface area contributed by atoms with Gasteiger partial charge in [-0.25, -0.2) is 0 Å². The summed E-state index contributed by atoms with van der Waals surface area (Å²) in [7, 11) is 0. The molecule has 14 heavy (non-hydrogen) atoms. The number of carbonyl (C=O) groups excluding carboxylic acids is 4. The molecule has 0 N–H and O–H groups in total. The Labute approximate surface area is 132 Å². The molecule has 0 saturated carbocycles. The van der Waals surface area contributed by atoms with Crippen LogP contribution < -0.4 is 20.4 Å². The number of carboxylic acids is 4. The number of carbonyl (C=O) groups is 4. The molecule has 0 amide bonds. The van der Waals surface area contributed by atoms with Crippen molar-refractivity contribution in [3.8, 4) is 0 Å². The van der Waals surface area contributed by atoms with Gasteiger partial charge in [-0.1, -0.05) is 0 Å². The van der Waals surface area contributed by atoms with E-state index in [2.05, 4.69) is 0 Å². The van der Waals surface area contributed by atoms with Gasteiger partial charge in [-0.3, -0.25) is 0 Å². The normalized spacial score (nSPS) is 6.29. The van der Waals surface area contributed by atoms with Crippen molar-refractivity contribution in [2.75, 3.05) is 0 Å². The molecule has 0 atom stereocenters. The molecule has 0 unspecified atom stereocenters. The van der Waals surface area contributed by atoms with Crippen molar-refractivity contribution in [2.24, 2.45) is 0 Å². The number of rotatable bonds is 0. The van der Waals surface area contributed by atoms with Crippen LogP contribution in [0.4, 0.5) is 0 Å². The van der Waals surface area contributed by atoms with Gasteiger partial charge in [-0.2, -0.15) is 0 Å². The second-order valence-electron chi connectivity index (χ2n) is 1.15. The molecule has 0 aliphatic rings. The van der Waals surface area contributed by atoms with Gasteiger partial charge in [0.05, 0.1) is 23.9 Å². The Kier molecular flexibility index (Phi) is 22.3. The van der Waals surface area contributed by atoms with Crippen LogP contribution in [-0.4, -0.2) is 72.8 Å². The van der Waals surface area contributed by atoms with Crippen LogP contribution in [0.25, 0.3) is 0 Å². The van der Waals surface area contributed by atoms with E-state index in [0.29, 0.717) is 0 Å². The van der Waals surface area contributed by atoms with E-state index in [9.17, 15) is 0 Å². The van der Waals surface area contributed by atoms with Crippen LogP contribution in [0.1, 0.15) is 0 Å². The van der Waals surface area contributed by atoms with Gasteiger partial charge < -0.3 is 39.6 Å². The van der Waals surface area contributed by atoms with E-state index in [0.717, 1.165) is 0 Å². The molecule has 0 heterocycles. The summed E-state index contributed by atoms with van der Waals surface area (Å²) in [5.74, 6) is -8.74. The van der Waals surface area contributed by atoms with Crippen molar-refractivity contribution in [3.63, 3.8) is 0 Å².